The number of hydrogen-bond donors (Lipinski definition) is 3. The van der Waals surface area contributed by atoms with Gasteiger partial charge in [0.2, 0.25) is 0 Å². The standard InChI is InChI=1S/C12H19N3O2/c1-8(7-16)14-12(17)10-6-9(13)4-5-11(10)15(2)3/h4-6,8,16H,7,13H2,1-3H3,(H,14,17)/t8-/m0/s1. The lowest BCUT2D eigenvalue weighted by molar-refractivity contribution is 0.0923. The van der Waals surface area contributed by atoms with Crippen molar-refractivity contribution in [3.8, 4) is 0 Å². The zero-order valence-electron chi connectivity index (χ0n) is 10.4. The molecule has 1 rings (SSSR count). The topological polar surface area (TPSA) is 78.6 Å². The fourth-order valence-corrected chi connectivity index (χ4v) is 1.47. The summed E-state index contributed by atoms with van der Waals surface area (Å²) in [6, 6.07) is 4.91. The summed E-state index contributed by atoms with van der Waals surface area (Å²) in [7, 11) is 3.72. The molecule has 4 N–H and O–H groups in total. The largest absolute Gasteiger partial charge is 0.399 e. The predicted octanol–water partition coefficient (Wildman–Crippen LogP) is 0.445. The predicted molar refractivity (Wildman–Crippen MR) is 69.2 cm³/mol. The Morgan fingerprint density at radius 2 is 2.18 bits per heavy atom. The zero-order valence-corrected chi connectivity index (χ0v) is 10.4. The third-order valence-electron chi connectivity index (χ3n) is 2.40. The van der Waals surface area contributed by atoms with E-state index in [-0.39, 0.29) is 18.6 Å². The van der Waals surface area contributed by atoms with Crippen molar-refractivity contribution in [3.63, 3.8) is 0 Å². The second kappa shape index (κ2) is 5.54. The highest BCUT2D eigenvalue weighted by Gasteiger charge is 2.14. The minimum Gasteiger partial charge on any atom is -0.399 e. The number of aliphatic hydroxyl groups excluding tert-OH is 1. The molecule has 0 aliphatic carbocycles. The lowest BCUT2D eigenvalue weighted by Crippen LogP contribution is -2.35. The third-order valence-corrected chi connectivity index (χ3v) is 2.40. The van der Waals surface area contributed by atoms with Crippen LogP contribution in [0.1, 0.15) is 17.3 Å². The van der Waals surface area contributed by atoms with Crippen LogP contribution in [0.5, 0.6) is 0 Å². The zero-order chi connectivity index (χ0) is 13.0. The van der Waals surface area contributed by atoms with Gasteiger partial charge in [0.15, 0.2) is 0 Å². The maximum Gasteiger partial charge on any atom is 0.253 e. The van der Waals surface area contributed by atoms with Crippen LogP contribution < -0.4 is 16.0 Å². The number of nitrogens with one attached hydrogen (secondary N) is 1. The molecule has 0 radical (unpaired) electrons. The van der Waals surface area contributed by atoms with Crippen LogP contribution >= 0.6 is 0 Å². The highest BCUT2D eigenvalue weighted by molar-refractivity contribution is 6.00. The van der Waals surface area contributed by atoms with Gasteiger partial charge in [0.1, 0.15) is 0 Å². The lowest BCUT2D eigenvalue weighted by atomic mass is 10.1. The molecule has 0 aliphatic rings. The molecule has 0 aliphatic heterocycles. The Morgan fingerprint density at radius 1 is 1.53 bits per heavy atom. The van der Waals surface area contributed by atoms with Crippen molar-refractivity contribution in [2.45, 2.75) is 13.0 Å². The molecule has 0 aromatic heterocycles. The number of hydrogen-bond acceptors (Lipinski definition) is 4. The molecular formula is C12H19N3O2. The van der Waals surface area contributed by atoms with E-state index in [9.17, 15) is 4.79 Å². The van der Waals surface area contributed by atoms with Gasteiger partial charge in [0.25, 0.3) is 5.91 Å². The van der Waals surface area contributed by atoms with E-state index in [1.165, 1.54) is 0 Å². The van der Waals surface area contributed by atoms with E-state index in [0.29, 0.717) is 11.3 Å². The van der Waals surface area contributed by atoms with E-state index in [0.717, 1.165) is 5.69 Å². The number of rotatable bonds is 4. The minimum atomic E-state index is -0.279. The molecule has 0 spiro atoms. The van der Waals surface area contributed by atoms with Gasteiger partial charge in [0, 0.05) is 31.5 Å². The Kier molecular flexibility index (Phi) is 4.34. The van der Waals surface area contributed by atoms with E-state index in [1.807, 2.05) is 19.0 Å². The Labute approximate surface area is 101 Å². The average molecular weight is 237 g/mol. The average Bonchev–Trinajstić information content (AvgIpc) is 2.28. The molecule has 1 aromatic carbocycles. The molecule has 0 saturated heterocycles. The Balaban J connectivity index is 3.02. The summed E-state index contributed by atoms with van der Waals surface area (Å²) >= 11 is 0. The van der Waals surface area contributed by atoms with Crippen molar-refractivity contribution in [3.05, 3.63) is 23.8 Å². The number of carbonyl (C=O) groups excluding carboxylic acids is 1. The molecule has 0 fully saturated rings. The van der Waals surface area contributed by atoms with E-state index >= 15 is 0 Å². The van der Waals surface area contributed by atoms with Crippen molar-refractivity contribution in [1.29, 1.82) is 0 Å². The fourth-order valence-electron chi connectivity index (χ4n) is 1.47. The SMILES string of the molecule is C[C@@H](CO)NC(=O)c1cc(N)ccc1N(C)C. The molecule has 0 saturated carbocycles. The quantitative estimate of drug-likeness (QED) is 0.664. The number of nitrogens with zero attached hydrogens (tertiary/aromatic N) is 1. The number of nitrogens with two attached hydrogens (primary N) is 1. The second-order valence-electron chi connectivity index (χ2n) is 4.23. The number of anilines is 2. The molecule has 5 nitrogen and oxygen atoms in total. The van der Waals surface area contributed by atoms with E-state index in [4.69, 9.17) is 10.8 Å². The molecule has 94 valence electrons. The van der Waals surface area contributed by atoms with Crippen molar-refractivity contribution in [1.82, 2.24) is 5.32 Å². The number of carbonyl (C=O) groups is 1. The molecule has 17 heavy (non-hydrogen) atoms. The van der Waals surface area contributed by atoms with Gasteiger partial charge < -0.3 is 21.1 Å². The Bertz CT molecular complexity index is 405. The molecule has 1 aromatic rings. The molecular weight excluding hydrogens is 218 g/mol. The van der Waals surface area contributed by atoms with Crippen LogP contribution in [0.15, 0.2) is 18.2 Å². The molecule has 5 heteroatoms. The summed E-state index contributed by atoms with van der Waals surface area (Å²) < 4.78 is 0. The first-order valence-electron chi connectivity index (χ1n) is 5.44. The number of nitrogen functional groups attached to an aromatic ring is 1. The lowest BCUT2D eigenvalue weighted by Gasteiger charge is -2.19. The minimum absolute atomic E-state index is 0.0919. The Morgan fingerprint density at radius 3 is 2.71 bits per heavy atom. The van der Waals surface area contributed by atoms with Crippen LogP contribution in [0.3, 0.4) is 0 Å². The second-order valence-corrected chi connectivity index (χ2v) is 4.23. The van der Waals surface area contributed by atoms with E-state index in [1.54, 1.807) is 25.1 Å². The first kappa shape index (κ1) is 13.3. The van der Waals surface area contributed by atoms with Gasteiger partial charge in [0.05, 0.1) is 12.2 Å². The van der Waals surface area contributed by atoms with Crippen LogP contribution in [0.2, 0.25) is 0 Å². The van der Waals surface area contributed by atoms with Gasteiger partial charge in [-0.15, -0.1) is 0 Å². The van der Waals surface area contributed by atoms with Gasteiger partial charge >= 0.3 is 0 Å². The van der Waals surface area contributed by atoms with Gasteiger partial charge in [-0.05, 0) is 25.1 Å². The Hall–Kier alpha value is -1.75. The number of amides is 1. The van der Waals surface area contributed by atoms with Gasteiger partial charge in [-0.3, -0.25) is 4.79 Å². The summed E-state index contributed by atoms with van der Waals surface area (Å²) in [5.41, 5.74) is 7.52. The van der Waals surface area contributed by atoms with Gasteiger partial charge in [-0.2, -0.15) is 0 Å². The summed E-state index contributed by atoms with van der Waals surface area (Å²) in [5.74, 6) is -0.234. The van der Waals surface area contributed by atoms with Gasteiger partial charge in [-0.25, -0.2) is 0 Å². The summed E-state index contributed by atoms with van der Waals surface area (Å²) in [5, 5.41) is 11.6. The molecule has 1 atom stereocenters. The van der Waals surface area contributed by atoms with Crippen molar-refractivity contribution < 1.29 is 9.90 Å². The van der Waals surface area contributed by atoms with E-state index < -0.39 is 0 Å². The van der Waals surface area contributed by atoms with Gasteiger partial charge in [-0.1, -0.05) is 0 Å². The van der Waals surface area contributed by atoms with Crippen LogP contribution in [0.25, 0.3) is 0 Å². The van der Waals surface area contributed by atoms with Crippen molar-refractivity contribution >= 4 is 17.3 Å². The third kappa shape index (κ3) is 3.35. The summed E-state index contributed by atoms with van der Waals surface area (Å²) in [6.45, 7) is 1.64. The molecule has 1 amide bonds. The van der Waals surface area contributed by atoms with Crippen LogP contribution in [0, 0.1) is 0 Å². The highest BCUT2D eigenvalue weighted by atomic mass is 16.3. The first-order valence-corrected chi connectivity index (χ1v) is 5.44. The summed E-state index contributed by atoms with van der Waals surface area (Å²) in [6.07, 6.45) is 0. The molecule has 0 bridgehead atoms. The molecule has 0 unspecified atom stereocenters. The van der Waals surface area contributed by atoms with Crippen molar-refractivity contribution in [2.24, 2.45) is 0 Å². The van der Waals surface area contributed by atoms with Crippen LogP contribution in [-0.4, -0.2) is 37.8 Å². The van der Waals surface area contributed by atoms with Crippen LogP contribution in [-0.2, 0) is 0 Å². The fraction of sp³-hybridized carbons (Fsp3) is 0.417. The normalized spacial score (nSPS) is 12.0. The summed E-state index contributed by atoms with van der Waals surface area (Å²) in [4.78, 5) is 13.8. The highest BCUT2D eigenvalue weighted by Crippen LogP contribution is 2.21. The number of benzene rings is 1. The maximum atomic E-state index is 12.0. The number of aliphatic hydroxyl groups is 1. The monoisotopic (exact) mass is 237 g/mol. The van der Waals surface area contributed by atoms with Crippen molar-refractivity contribution in [2.75, 3.05) is 31.3 Å². The molecule has 0 heterocycles. The maximum absolute atomic E-state index is 12.0. The van der Waals surface area contributed by atoms with E-state index in [2.05, 4.69) is 5.32 Å². The first-order chi connectivity index (χ1) is 7.95. The smallest absolute Gasteiger partial charge is 0.253 e. The van der Waals surface area contributed by atoms with Crippen LogP contribution in [0.4, 0.5) is 11.4 Å².